The molecule has 2 aliphatic heterocycles. The summed E-state index contributed by atoms with van der Waals surface area (Å²) in [6.45, 7) is 2.56. The molecule has 1 aromatic carbocycles. The first-order valence-electron chi connectivity index (χ1n) is 9.92. The van der Waals surface area contributed by atoms with Crippen molar-refractivity contribution in [2.45, 2.75) is 77.0 Å². The first-order valence-corrected chi connectivity index (χ1v) is 9.92. The number of carbonyl (C=O) groups excluding carboxylic acids is 1. The van der Waals surface area contributed by atoms with Crippen LogP contribution >= 0.6 is 0 Å². The van der Waals surface area contributed by atoms with Crippen molar-refractivity contribution in [1.82, 2.24) is 4.90 Å². The lowest BCUT2D eigenvalue weighted by molar-refractivity contribution is 0.0816. The van der Waals surface area contributed by atoms with E-state index in [0.29, 0.717) is 6.61 Å². The van der Waals surface area contributed by atoms with Crippen molar-refractivity contribution in [3.8, 4) is 11.8 Å². The zero-order valence-corrected chi connectivity index (χ0v) is 15.7. The Morgan fingerprint density at radius 3 is 2.81 bits per heavy atom. The van der Waals surface area contributed by atoms with Gasteiger partial charge in [-0.15, -0.1) is 5.92 Å². The minimum Gasteiger partial charge on any atom is -0.445 e. The van der Waals surface area contributed by atoms with Gasteiger partial charge in [-0.05, 0) is 31.2 Å². The zero-order valence-electron chi connectivity index (χ0n) is 15.7. The standard InChI is InChI=1S/C23H29NO2/c1-2-3-4-5-6-8-13-20-16-21-14-15-22(17-20)24(21)23(25)26-18-19-11-9-7-10-12-19/h7,9-12,16,21-22H,2-5,13-15,17-18H2,1H3. The van der Waals surface area contributed by atoms with Crippen LogP contribution in [0.5, 0.6) is 0 Å². The Balaban J connectivity index is 1.50. The Hall–Kier alpha value is -2.21. The average molecular weight is 351 g/mol. The van der Waals surface area contributed by atoms with Crippen LogP contribution in [0.15, 0.2) is 42.0 Å². The topological polar surface area (TPSA) is 29.5 Å². The molecule has 2 aliphatic rings. The first-order chi connectivity index (χ1) is 12.8. The second-order valence-electron chi connectivity index (χ2n) is 7.26. The smallest absolute Gasteiger partial charge is 0.410 e. The van der Waals surface area contributed by atoms with Crippen LogP contribution in [0.4, 0.5) is 4.79 Å². The van der Waals surface area contributed by atoms with E-state index in [9.17, 15) is 4.79 Å². The summed E-state index contributed by atoms with van der Waals surface area (Å²) in [5.74, 6) is 6.61. The Labute approximate surface area is 157 Å². The molecule has 1 fully saturated rings. The maximum atomic E-state index is 12.5. The fourth-order valence-corrected chi connectivity index (χ4v) is 3.86. The number of ether oxygens (including phenoxy) is 1. The molecule has 0 spiro atoms. The number of unbranched alkanes of at least 4 members (excludes halogenated alkanes) is 3. The monoisotopic (exact) mass is 351 g/mol. The molecule has 3 nitrogen and oxygen atoms in total. The number of rotatable bonds is 6. The minimum atomic E-state index is -0.178. The van der Waals surface area contributed by atoms with E-state index in [0.717, 1.165) is 37.7 Å². The summed E-state index contributed by atoms with van der Waals surface area (Å²) in [6.07, 6.45) is 10.7. The van der Waals surface area contributed by atoms with Gasteiger partial charge in [-0.3, -0.25) is 4.90 Å². The summed E-state index contributed by atoms with van der Waals surface area (Å²) in [5.41, 5.74) is 2.42. The van der Waals surface area contributed by atoms with Gasteiger partial charge in [0, 0.05) is 18.9 Å². The van der Waals surface area contributed by atoms with E-state index in [1.165, 1.54) is 24.8 Å². The van der Waals surface area contributed by atoms with Gasteiger partial charge in [0.1, 0.15) is 6.61 Å². The lowest BCUT2D eigenvalue weighted by Crippen LogP contribution is -2.43. The van der Waals surface area contributed by atoms with Crippen molar-refractivity contribution in [3.63, 3.8) is 0 Å². The second kappa shape index (κ2) is 9.48. The van der Waals surface area contributed by atoms with Crippen LogP contribution in [-0.4, -0.2) is 23.1 Å². The maximum absolute atomic E-state index is 12.5. The average Bonchev–Trinajstić information content (AvgIpc) is 2.94. The normalized spacial score (nSPS) is 21.0. The summed E-state index contributed by atoms with van der Waals surface area (Å²) in [5, 5.41) is 0. The van der Waals surface area contributed by atoms with Crippen molar-refractivity contribution in [2.24, 2.45) is 0 Å². The highest BCUT2D eigenvalue weighted by Crippen LogP contribution is 2.36. The molecule has 2 unspecified atom stereocenters. The fraction of sp³-hybridized carbons (Fsp3) is 0.522. The van der Waals surface area contributed by atoms with Gasteiger partial charge in [0.05, 0.1) is 6.04 Å². The molecule has 2 heterocycles. The number of nitrogens with zero attached hydrogens (tertiary/aromatic N) is 1. The van der Waals surface area contributed by atoms with Crippen LogP contribution in [0.25, 0.3) is 0 Å². The molecule has 0 radical (unpaired) electrons. The Bertz CT molecular complexity index is 683. The molecule has 1 aromatic rings. The Morgan fingerprint density at radius 2 is 2.04 bits per heavy atom. The molecule has 138 valence electrons. The number of fused-ring (bicyclic) bond motifs is 2. The summed E-state index contributed by atoms with van der Waals surface area (Å²) < 4.78 is 5.55. The van der Waals surface area contributed by atoms with Crippen molar-refractivity contribution in [1.29, 1.82) is 0 Å². The minimum absolute atomic E-state index is 0.178. The highest BCUT2D eigenvalue weighted by Gasteiger charge is 2.40. The largest absolute Gasteiger partial charge is 0.445 e. The van der Waals surface area contributed by atoms with Gasteiger partial charge < -0.3 is 4.74 Å². The summed E-state index contributed by atoms with van der Waals surface area (Å²) >= 11 is 0. The number of benzene rings is 1. The van der Waals surface area contributed by atoms with Crippen LogP contribution in [0, 0.1) is 11.8 Å². The van der Waals surface area contributed by atoms with Crippen LogP contribution < -0.4 is 0 Å². The second-order valence-corrected chi connectivity index (χ2v) is 7.26. The molecule has 1 amide bonds. The van der Waals surface area contributed by atoms with Gasteiger partial charge in [-0.25, -0.2) is 4.79 Å². The van der Waals surface area contributed by atoms with Crippen LogP contribution in [0.2, 0.25) is 0 Å². The van der Waals surface area contributed by atoms with Crippen molar-refractivity contribution < 1.29 is 9.53 Å². The fourth-order valence-electron chi connectivity index (χ4n) is 3.86. The molecule has 0 saturated carbocycles. The molecule has 3 rings (SSSR count). The molecule has 2 atom stereocenters. The number of carbonyl (C=O) groups is 1. The molecule has 3 heteroatoms. The van der Waals surface area contributed by atoms with E-state index in [4.69, 9.17) is 4.74 Å². The van der Waals surface area contributed by atoms with Gasteiger partial charge in [0.2, 0.25) is 0 Å². The van der Waals surface area contributed by atoms with Crippen molar-refractivity contribution in [3.05, 3.63) is 47.5 Å². The third kappa shape index (κ3) is 4.91. The van der Waals surface area contributed by atoms with Crippen LogP contribution in [0.1, 0.15) is 63.9 Å². The van der Waals surface area contributed by atoms with Gasteiger partial charge in [-0.2, -0.15) is 0 Å². The van der Waals surface area contributed by atoms with E-state index >= 15 is 0 Å². The number of hydrogen-bond donors (Lipinski definition) is 0. The quantitative estimate of drug-likeness (QED) is 0.387. The number of amides is 1. The predicted octanol–water partition coefficient (Wildman–Crippen LogP) is 5.46. The van der Waals surface area contributed by atoms with Gasteiger partial charge >= 0.3 is 6.09 Å². The Morgan fingerprint density at radius 1 is 1.19 bits per heavy atom. The highest BCUT2D eigenvalue weighted by molar-refractivity contribution is 5.70. The lowest BCUT2D eigenvalue weighted by Gasteiger charge is -2.32. The van der Waals surface area contributed by atoms with E-state index < -0.39 is 0 Å². The van der Waals surface area contributed by atoms with Crippen LogP contribution in [0.3, 0.4) is 0 Å². The zero-order chi connectivity index (χ0) is 18.2. The molecular formula is C23H29NO2. The van der Waals surface area contributed by atoms with Gasteiger partial charge in [-0.1, -0.05) is 67.7 Å². The van der Waals surface area contributed by atoms with E-state index in [1.807, 2.05) is 35.2 Å². The molecular weight excluding hydrogens is 322 g/mol. The lowest BCUT2D eigenvalue weighted by atomic mass is 9.99. The third-order valence-electron chi connectivity index (χ3n) is 5.23. The van der Waals surface area contributed by atoms with Gasteiger partial charge in [0.25, 0.3) is 0 Å². The maximum Gasteiger partial charge on any atom is 0.410 e. The van der Waals surface area contributed by atoms with E-state index in [-0.39, 0.29) is 18.2 Å². The molecule has 0 aromatic heterocycles. The number of hydrogen-bond acceptors (Lipinski definition) is 2. The summed E-state index contributed by atoms with van der Waals surface area (Å²) in [4.78, 5) is 14.5. The molecule has 1 saturated heterocycles. The third-order valence-corrected chi connectivity index (χ3v) is 5.23. The predicted molar refractivity (Wildman–Crippen MR) is 105 cm³/mol. The molecule has 0 N–H and O–H groups in total. The molecule has 26 heavy (non-hydrogen) atoms. The highest BCUT2D eigenvalue weighted by atomic mass is 16.6. The van der Waals surface area contributed by atoms with Crippen molar-refractivity contribution >= 4 is 6.09 Å². The Kier molecular flexibility index (Phi) is 6.77. The molecule has 2 bridgehead atoms. The van der Waals surface area contributed by atoms with Crippen LogP contribution in [-0.2, 0) is 11.3 Å². The van der Waals surface area contributed by atoms with Gasteiger partial charge in [0.15, 0.2) is 0 Å². The summed E-state index contributed by atoms with van der Waals surface area (Å²) in [7, 11) is 0. The molecule has 0 aliphatic carbocycles. The SMILES string of the molecule is CCCCCC#CCC1=CC2CCC(C1)N2C(=O)OCc1ccccc1. The van der Waals surface area contributed by atoms with Crippen molar-refractivity contribution in [2.75, 3.05) is 0 Å². The van der Waals surface area contributed by atoms with E-state index in [1.54, 1.807) is 0 Å². The summed E-state index contributed by atoms with van der Waals surface area (Å²) in [6, 6.07) is 10.3. The van der Waals surface area contributed by atoms with E-state index in [2.05, 4.69) is 24.8 Å². The first kappa shape index (κ1) is 18.6.